The second-order valence-electron chi connectivity index (χ2n) is 4.71. The molecule has 0 fully saturated rings. The number of rotatable bonds is 3. The highest BCUT2D eigenvalue weighted by Crippen LogP contribution is 2.17. The van der Waals surface area contributed by atoms with Gasteiger partial charge in [0.1, 0.15) is 5.82 Å². The van der Waals surface area contributed by atoms with E-state index in [2.05, 4.69) is 10.3 Å². The van der Waals surface area contributed by atoms with E-state index in [1.807, 2.05) is 18.2 Å². The standard InChI is InChI=1S/C17H13FN2O/c18-14-6-4-12(5-7-14)10-20-17(21)15-3-1-2-13-8-9-19-11-16(13)15/h1-9,11H,10H2,(H,20,21). The average Bonchev–Trinajstić information content (AvgIpc) is 2.53. The van der Waals surface area contributed by atoms with Gasteiger partial charge < -0.3 is 5.32 Å². The van der Waals surface area contributed by atoms with Crippen LogP contribution in [0, 0.1) is 5.82 Å². The third-order valence-electron chi connectivity index (χ3n) is 3.29. The van der Waals surface area contributed by atoms with Crippen molar-refractivity contribution >= 4 is 16.7 Å². The fraction of sp³-hybridized carbons (Fsp3) is 0.0588. The van der Waals surface area contributed by atoms with Crippen molar-refractivity contribution in [2.45, 2.75) is 6.54 Å². The molecular formula is C17H13FN2O. The van der Waals surface area contributed by atoms with Crippen LogP contribution in [0.5, 0.6) is 0 Å². The number of amides is 1. The van der Waals surface area contributed by atoms with Crippen LogP contribution in [0.3, 0.4) is 0 Å². The van der Waals surface area contributed by atoms with Gasteiger partial charge in [0.05, 0.1) is 0 Å². The molecule has 2 aromatic carbocycles. The number of carbonyl (C=O) groups excluding carboxylic acids is 1. The number of fused-ring (bicyclic) bond motifs is 1. The quantitative estimate of drug-likeness (QED) is 0.799. The molecule has 1 aromatic heterocycles. The maximum Gasteiger partial charge on any atom is 0.252 e. The molecule has 0 bridgehead atoms. The van der Waals surface area contributed by atoms with Crippen molar-refractivity contribution in [3.05, 3.63) is 77.9 Å². The number of halogens is 1. The first-order valence-corrected chi connectivity index (χ1v) is 6.59. The van der Waals surface area contributed by atoms with Gasteiger partial charge in [-0.05, 0) is 35.2 Å². The lowest BCUT2D eigenvalue weighted by Crippen LogP contribution is -2.23. The van der Waals surface area contributed by atoms with Gasteiger partial charge in [-0.1, -0.05) is 24.3 Å². The summed E-state index contributed by atoms with van der Waals surface area (Å²) in [5.74, 6) is -0.455. The summed E-state index contributed by atoms with van der Waals surface area (Å²) < 4.78 is 12.8. The lowest BCUT2D eigenvalue weighted by atomic mass is 10.1. The summed E-state index contributed by atoms with van der Waals surface area (Å²) >= 11 is 0. The van der Waals surface area contributed by atoms with Crippen molar-refractivity contribution in [3.8, 4) is 0 Å². The highest BCUT2D eigenvalue weighted by Gasteiger charge is 2.09. The summed E-state index contributed by atoms with van der Waals surface area (Å²) in [7, 11) is 0. The van der Waals surface area contributed by atoms with Crippen molar-refractivity contribution < 1.29 is 9.18 Å². The molecule has 3 rings (SSSR count). The molecule has 4 heteroatoms. The van der Waals surface area contributed by atoms with Crippen molar-refractivity contribution in [1.29, 1.82) is 0 Å². The lowest BCUT2D eigenvalue weighted by Gasteiger charge is -2.08. The van der Waals surface area contributed by atoms with Crippen LogP contribution in [0.1, 0.15) is 15.9 Å². The number of nitrogens with one attached hydrogen (secondary N) is 1. The summed E-state index contributed by atoms with van der Waals surface area (Å²) in [6.45, 7) is 0.357. The summed E-state index contributed by atoms with van der Waals surface area (Å²) in [6, 6.07) is 13.5. The summed E-state index contributed by atoms with van der Waals surface area (Å²) in [6.07, 6.45) is 3.38. The van der Waals surface area contributed by atoms with Gasteiger partial charge in [-0.3, -0.25) is 9.78 Å². The molecule has 1 amide bonds. The largest absolute Gasteiger partial charge is 0.348 e. The Kier molecular flexibility index (Phi) is 3.60. The van der Waals surface area contributed by atoms with Crippen molar-refractivity contribution in [2.24, 2.45) is 0 Å². The lowest BCUT2D eigenvalue weighted by molar-refractivity contribution is 0.0952. The molecule has 0 aliphatic rings. The molecule has 0 atom stereocenters. The number of hydrogen-bond donors (Lipinski definition) is 1. The normalized spacial score (nSPS) is 10.5. The van der Waals surface area contributed by atoms with Crippen LogP contribution in [-0.2, 0) is 6.54 Å². The summed E-state index contributed by atoms with van der Waals surface area (Å²) in [5.41, 5.74) is 1.44. The van der Waals surface area contributed by atoms with Crippen LogP contribution in [-0.4, -0.2) is 10.9 Å². The van der Waals surface area contributed by atoms with E-state index in [9.17, 15) is 9.18 Å². The Morgan fingerprint density at radius 3 is 2.71 bits per heavy atom. The van der Waals surface area contributed by atoms with E-state index >= 15 is 0 Å². The van der Waals surface area contributed by atoms with Crippen molar-refractivity contribution in [3.63, 3.8) is 0 Å². The summed E-state index contributed by atoms with van der Waals surface area (Å²) in [4.78, 5) is 16.3. The van der Waals surface area contributed by atoms with Gasteiger partial charge in [0.15, 0.2) is 0 Å². The molecule has 104 valence electrons. The minimum Gasteiger partial charge on any atom is -0.348 e. The predicted molar refractivity (Wildman–Crippen MR) is 79.3 cm³/mol. The van der Waals surface area contributed by atoms with Gasteiger partial charge in [-0.2, -0.15) is 0 Å². The molecule has 0 saturated heterocycles. The van der Waals surface area contributed by atoms with Crippen LogP contribution in [0.4, 0.5) is 4.39 Å². The van der Waals surface area contributed by atoms with E-state index in [1.54, 1.807) is 30.6 Å². The number of carbonyl (C=O) groups is 1. The fourth-order valence-electron chi connectivity index (χ4n) is 2.19. The number of aromatic nitrogens is 1. The highest BCUT2D eigenvalue weighted by atomic mass is 19.1. The van der Waals surface area contributed by atoms with E-state index in [0.29, 0.717) is 12.1 Å². The number of benzene rings is 2. The van der Waals surface area contributed by atoms with Crippen molar-refractivity contribution in [2.75, 3.05) is 0 Å². The topological polar surface area (TPSA) is 42.0 Å². The summed E-state index contributed by atoms with van der Waals surface area (Å²) in [5, 5.41) is 4.63. The second kappa shape index (κ2) is 5.71. The molecule has 0 aliphatic carbocycles. The van der Waals surface area contributed by atoms with E-state index < -0.39 is 0 Å². The first kappa shape index (κ1) is 13.2. The molecule has 0 unspecified atom stereocenters. The zero-order valence-corrected chi connectivity index (χ0v) is 11.2. The first-order chi connectivity index (χ1) is 10.2. The van der Waals surface area contributed by atoms with E-state index in [0.717, 1.165) is 16.3 Å². The third kappa shape index (κ3) is 2.89. The predicted octanol–water partition coefficient (Wildman–Crippen LogP) is 3.30. The smallest absolute Gasteiger partial charge is 0.252 e. The number of hydrogen-bond acceptors (Lipinski definition) is 2. The Hall–Kier alpha value is -2.75. The van der Waals surface area contributed by atoms with Gasteiger partial charge in [0.2, 0.25) is 0 Å². The SMILES string of the molecule is O=C(NCc1ccc(F)cc1)c1cccc2ccncc12. The Balaban J connectivity index is 1.79. The van der Waals surface area contributed by atoms with Gasteiger partial charge in [0, 0.05) is 29.9 Å². The second-order valence-corrected chi connectivity index (χ2v) is 4.71. The molecule has 3 aromatic rings. The van der Waals surface area contributed by atoms with Gasteiger partial charge >= 0.3 is 0 Å². The van der Waals surface area contributed by atoms with Crippen LogP contribution >= 0.6 is 0 Å². The number of pyridine rings is 1. The molecule has 0 spiro atoms. The molecule has 1 heterocycles. The fourth-order valence-corrected chi connectivity index (χ4v) is 2.19. The molecule has 0 saturated carbocycles. The minimum atomic E-state index is -0.287. The molecule has 0 aliphatic heterocycles. The maximum atomic E-state index is 12.8. The van der Waals surface area contributed by atoms with E-state index in [-0.39, 0.29) is 11.7 Å². The third-order valence-corrected chi connectivity index (χ3v) is 3.29. The van der Waals surface area contributed by atoms with Crippen molar-refractivity contribution in [1.82, 2.24) is 10.3 Å². The first-order valence-electron chi connectivity index (χ1n) is 6.59. The molecule has 21 heavy (non-hydrogen) atoms. The Bertz CT molecular complexity index is 779. The number of nitrogens with zero attached hydrogens (tertiary/aromatic N) is 1. The Morgan fingerprint density at radius 1 is 1.10 bits per heavy atom. The van der Waals surface area contributed by atoms with E-state index in [1.165, 1.54) is 12.1 Å². The van der Waals surface area contributed by atoms with Crippen LogP contribution in [0.25, 0.3) is 10.8 Å². The molecule has 0 radical (unpaired) electrons. The average molecular weight is 280 g/mol. The molecular weight excluding hydrogens is 267 g/mol. The zero-order valence-electron chi connectivity index (χ0n) is 11.2. The van der Waals surface area contributed by atoms with Crippen LogP contribution < -0.4 is 5.32 Å². The van der Waals surface area contributed by atoms with Crippen LogP contribution in [0.2, 0.25) is 0 Å². The van der Waals surface area contributed by atoms with Gasteiger partial charge in [-0.25, -0.2) is 4.39 Å². The monoisotopic (exact) mass is 280 g/mol. The van der Waals surface area contributed by atoms with Crippen LogP contribution in [0.15, 0.2) is 60.9 Å². The molecule has 3 nitrogen and oxygen atoms in total. The highest BCUT2D eigenvalue weighted by molar-refractivity contribution is 6.06. The maximum absolute atomic E-state index is 12.8. The zero-order chi connectivity index (χ0) is 14.7. The van der Waals surface area contributed by atoms with Gasteiger partial charge in [-0.15, -0.1) is 0 Å². The molecule has 1 N–H and O–H groups in total. The minimum absolute atomic E-state index is 0.169. The Labute approximate surface area is 121 Å². The van der Waals surface area contributed by atoms with E-state index in [4.69, 9.17) is 0 Å². The van der Waals surface area contributed by atoms with Gasteiger partial charge in [0.25, 0.3) is 5.91 Å². The Morgan fingerprint density at radius 2 is 1.90 bits per heavy atom.